The van der Waals surface area contributed by atoms with E-state index in [0.717, 1.165) is 167 Å². The summed E-state index contributed by atoms with van der Waals surface area (Å²) in [6.45, 7) is 6.17. The number of ether oxygens (including phenoxy) is 3. The second-order valence-electron chi connectivity index (χ2n) is 19.1. The number of unbranched alkanes of at least 4 members (excludes halogenated alkanes) is 12. The second-order valence-corrected chi connectivity index (χ2v) is 19.1. The normalized spacial score (nSPS) is 13.4. The van der Waals surface area contributed by atoms with Gasteiger partial charge in [-0.2, -0.15) is 0 Å². The van der Waals surface area contributed by atoms with Gasteiger partial charge in [-0.25, -0.2) is 0 Å². The standard InChI is InChI=1S/C71H108O6/c1-4-7-10-13-16-19-22-25-28-30-32-34-35-37-38-40-43-46-49-52-55-58-61-64-70(73)76-67-68(66-75-69(72)63-60-57-54-51-48-45-42-27-24-21-18-15-12-9-6-3)77-71(74)65-62-59-56-53-50-47-44-41-39-36-33-31-29-26-23-20-17-14-11-8-5-2/h7-12,16-21,25-29,32-34,36-38,41-42,44,48,51,57,60,68H,4-6,13-15,22-24,30-31,35,39-40,43,45-47,49-50,52-56,58-59,61-67H2,1-3H3/b10-7-,11-8-,12-9-,19-16-,20-17-,21-18-,28-25-,29-26-,34-32-,36-33-,38-37-,42-27-,44-41-,51-48-,60-57-. The zero-order valence-corrected chi connectivity index (χ0v) is 48.9. The average Bonchev–Trinajstić information content (AvgIpc) is 3.43. The van der Waals surface area contributed by atoms with Crippen LogP contribution in [-0.2, 0) is 28.6 Å². The van der Waals surface area contributed by atoms with Crippen molar-refractivity contribution in [2.45, 2.75) is 232 Å². The lowest BCUT2D eigenvalue weighted by Gasteiger charge is -2.18. The lowest BCUT2D eigenvalue weighted by molar-refractivity contribution is -0.166. The summed E-state index contributed by atoms with van der Waals surface area (Å²) in [6.07, 6.45) is 94.8. The number of allylic oxidation sites excluding steroid dienone is 29. The first-order valence-corrected chi connectivity index (χ1v) is 30.3. The average molecular weight is 1060 g/mol. The smallest absolute Gasteiger partial charge is 0.309 e. The Kier molecular flexibility index (Phi) is 58.6. The van der Waals surface area contributed by atoms with Crippen molar-refractivity contribution in [3.05, 3.63) is 182 Å². The lowest BCUT2D eigenvalue weighted by atomic mass is 10.1. The summed E-state index contributed by atoms with van der Waals surface area (Å²) < 4.78 is 16.8. The van der Waals surface area contributed by atoms with Crippen LogP contribution in [0.25, 0.3) is 0 Å². The Morgan fingerprint density at radius 2 is 0.519 bits per heavy atom. The highest BCUT2D eigenvalue weighted by molar-refractivity contribution is 5.72. The summed E-state index contributed by atoms with van der Waals surface area (Å²) in [5.74, 6) is -1.10. The highest BCUT2D eigenvalue weighted by Gasteiger charge is 2.19. The van der Waals surface area contributed by atoms with E-state index in [1.54, 1.807) is 6.08 Å². The molecule has 0 bridgehead atoms. The van der Waals surface area contributed by atoms with Crippen LogP contribution >= 0.6 is 0 Å². The molecule has 0 radical (unpaired) electrons. The quantitative estimate of drug-likeness (QED) is 0.0261. The van der Waals surface area contributed by atoms with Crippen molar-refractivity contribution in [1.82, 2.24) is 0 Å². The summed E-state index contributed by atoms with van der Waals surface area (Å²) in [5, 5.41) is 0. The van der Waals surface area contributed by atoms with Gasteiger partial charge in [-0.3, -0.25) is 14.4 Å². The fourth-order valence-corrected chi connectivity index (χ4v) is 7.51. The minimum absolute atomic E-state index is 0.110. The highest BCUT2D eigenvalue weighted by atomic mass is 16.6. The molecule has 0 fully saturated rings. The van der Waals surface area contributed by atoms with Gasteiger partial charge in [-0.1, -0.05) is 254 Å². The first kappa shape index (κ1) is 71.5. The molecule has 0 aliphatic carbocycles. The monoisotopic (exact) mass is 1060 g/mol. The number of carbonyl (C=O) groups excluding carboxylic acids is 3. The molecule has 0 rings (SSSR count). The molecule has 6 nitrogen and oxygen atoms in total. The predicted octanol–water partition coefficient (Wildman–Crippen LogP) is 20.9. The van der Waals surface area contributed by atoms with E-state index in [4.69, 9.17) is 14.2 Å². The van der Waals surface area contributed by atoms with E-state index in [1.807, 2.05) is 6.08 Å². The highest BCUT2D eigenvalue weighted by Crippen LogP contribution is 2.13. The first-order valence-electron chi connectivity index (χ1n) is 30.3. The largest absolute Gasteiger partial charge is 0.462 e. The molecular weight excluding hydrogens is 949 g/mol. The zero-order chi connectivity index (χ0) is 55.7. The van der Waals surface area contributed by atoms with Crippen molar-refractivity contribution in [2.75, 3.05) is 13.2 Å². The van der Waals surface area contributed by atoms with Crippen LogP contribution in [0.15, 0.2) is 182 Å². The van der Waals surface area contributed by atoms with Crippen LogP contribution in [-0.4, -0.2) is 37.2 Å². The molecule has 1 unspecified atom stereocenters. The Morgan fingerprint density at radius 3 is 0.844 bits per heavy atom. The van der Waals surface area contributed by atoms with Gasteiger partial charge in [0.25, 0.3) is 0 Å². The van der Waals surface area contributed by atoms with E-state index in [2.05, 4.69) is 191 Å². The third-order valence-electron chi connectivity index (χ3n) is 11.9. The number of carbonyl (C=O) groups is 3. The molecule has 0 saturated carbocycles. The SMILES string of the molecule is CC/C=C\C/C=C\C/C=C\C/C=C\C/C=C\CCCCCCCCCC(=O)OCC(COC(=O)C/C=C\C/C=C\C/C=C\C/C=C\C/C=C\CC)OC(=O)CCCCCCC/C=C\C/C=C\C/C=C\C/C=C\C/C=C\CC. The maximum atomic E-state index is 12.9. The van der Waals surface area contributed by atoms with Crippen molar-refractivity contribution >= 4 is 17.9 Å². The molecule has 0 aromatic carbocycles. The second kappa shape index (κ2) is 63.0. The maximum absolute atomic E-state index is 12.9. The summed E-state index contributed by atoms with van der Waals surface area (Å²) >= 11 is 0. The van der Waals surface area contributed by atoms with E-state index in [0.29, 0.717) is 6.42 Å². The van der Waals surface area contributed by atoms with Gasteiger partial charge in [0.1, 0.15) is 13.2 Å². The zero-order valence-electron chi connectivity index (χ0n) is 48.9. The van der Waals surface area contributed by atoms with E-state index >= 15 is 0 Å². The predicted molar refractivity (Wildman–Crippen MR) is 334 cm³/mol. The number of esters is 3. The molecule has 0 aromatic rings. The first-order chi connectivity index (χ1) is 38.0. The van der Waals surface area contributed by atoms with Crippen molar-refractivity contribution in [3.8, 4) is 0 Å². The molecule has 77 heavy (non-hydrogen) atoms. The van der Waals surface area contributed by atoms with Gasteiger partial charge in [0, 0.05) is 12.8 Å². The molecule has 0 saturated heterocycles. The molecule has 0 aromatic heterocycles. The van der Waals surface area contributed by atoms with Crippen LogP contribution in [0, 0.1) is 0 Å². The fraction of sp³-hybridized carbons (Fsp3) is 0.535. The minimum Gasteiger partial charge on any atom is -0.462 e. The Morgan fingerprint density at radius 1 is 0.273 bits per heavy atom. The molecule has 0 N–H and O–H groups in total. The van der Waals surface area contributed by atoms with Crippen LogP contribution in [0.2, 0.25) is 0 Å². The third kappa shape index (κ3) is 61.2. The van der Waals surface area contributed by atoms with E-state index in [-0.39, 0.29) is 38.0 Å². The Hall–Kier alpha value is -5.49. The van der Waals surface area contributed by atoms with Gasteiger partial charge in [0.2, 0.25) is 0 Å². The van der Waals surface area contributed by atoms with Crippen molar-refractivity contribution in [2.24, 2.45) is 0 Å². The molecule has 428 valence electrons. The number of hydrogen-bond acceptors (Lipinski definition) is 6. The van der Waals surface area contributed by atoms with Crippen LogP contribution in [0.1, 0.15) is 226 Å². The molecular formula is C71H108O6. The van der Waals surface area contributed by atoms with Gasteiger partial charge in [-0.05, 0) is 135 Å². The summed E-state index contributed by atoms with van der Waals surface area (Å²) in [5.41, 5.74) is 0. The minimum atomic E-state index is -0.846. The van der Waals surface area contributed by atoms with Gasteiger partial charge in [0.05, 0.1) is 6.42 Å². The molecule has 0 amide bonds. The molecule has 0 spiro atoms. The van der Waals surface area contributed by atoms with Crippen molar-refractivity contribution in [1.29, 1.82) is 0 Å². The maximum Gasteiger partial charge on any atom is 0.309 e. The van der Waals surface area contributed by atoms with Gasteiger partial charge in [-0.15, -0.1) is 0 Å². The van der Waals surface area contributed by atoms with Crippen LogP contribution in [0.4, 0.5) is 0 Å². The Balaban J connectivity index is 4.56. The van der Waals surface area contributed by atoms with E-state index in [1.165, 1.54) is 19.3 Å². The number of hydrogen-bond donors (Lipinski definition) is 0. The Bertz CT molecular complexity index is 1840. The van der Waals surface area contributed by atoms with Gasteiger partial charge < -0.3 is 14.2 Å². The van der Waals surface area contributed by atoms with Crippen molar-refractivity contribution < 1.29 is 28.6 Å². The fourth-order valence-electron chi connectivity index (χ4n) is 7.51. The van der Waals surface area contributed by atoms with Gasteiger partial charge >= 0.3 is 17.9 Å². The van der Waals surface area contributed by atoms with E-state index < -0.39 is 12.1 Å². The molecule has 0 heterocycles. The van der Waals surface area contributed by atoms with E-state index in [9.17, 15) is 14.4 Å². The van der Waals surface area contributed by atoms with Gasteiger partial charge in [0.15, 0.2) is 6.10 Å². The van der Waals surface area contributed by atoms with Crippen LogP contribution < -0.4 is 0 Å². The summed E-state index contributed by atoms with van der Waals surface area (Å²) in [4.78, 5) is 38.2. The van der Waals surface area contributed by atoms with Crippen molar-refractivity contribution in [3.63, 3.8) is 0 Å². The molecule has 1 atom stereocenters. The molecule has 0 aliphatic rings. The molecule has 6 heteroatoms. The number of rotatable bonds is 52. The Labute approximate surface area is 472 Å². The summed E-state index contributed by atoms with van der Waals surface area (Å²) in [6, 6.07) is 0. The molecule has 0 aliphatic heterocycles. The van der Waals surface area contributed by atoms with Crippen LogP contribution in [0.5, 0.6) is 0 Å². The van der Waals surface area contributed by atoms with Crippen LogP contribution in [0.3, 0.4) is 0 Å². The topological polar surface area (TPSA) is 78.9 Å². The lowest BCUT2D eigenvalue weighted by Crippen LogP contribution is -2.30. The summed E-state index contributed by atoms with van der Waals surface area (Å²) in [7, 11) is 0. The third-order valence-corrected chi connectivity index (χ3v) is 11.9.